The van der Waals surface area contributed by atoms with E-state index < -0.39 is 0 Å². The Bertz CT molecular complexity index is 596. The summed E-state index contributed by atoms with van der Waals surface area (Å²) in [4.78, 5) is 16.6. The van der Waals surface area contributed by atoms with Crippen LogP contribution in [0.25, 0.3) is 0 Å². The molecule has 0 spiro atoms. The van der Waals surface area contributed by atoms with Gasteiger partial charge < -0.3 is 5.32 Å². The van der Waals surface area contributed by atoms with E-state index in [2.05, 4.69) is 36.3 Å². The molecule has 1 unspecified atom stereocenters. The normalized spacial score (nSPS) is 12.4. The molecule has 0 radical (unpaired) electrons. The molecule has 0 saturated carbocycles. The van der Waals surface area contributed by atoms with Crippen LogP contribution in [-0.2, 0) is 4.79 Å². The molecule has 2 rings (SSSR count). The summed E-state index contributed by atoms with van der Waals surface area (Å²) in [6.45, 7) is 6.32. The van der Waals surface area contributed by atoms with Crippen molar-refractivity contribution in [1.29, 1.82) is 0 Å². The van der Waals surface area contributed by atoms with Gasteiger partial charge in [0.25, 0.3) is 0 Å². The van der Waals surface area contributed by atoms with Gasteiger partial charge in [0.15, 0.2) is 4.34 Å². The molecule has 1 amide bonds. The summed E-state index contributed by atoms with van der Waals surface area (Å²) < 4.78 is 0.952. The Morgan fingerprint density at radius 2 is 2.05 bits per heavy atom. The minimum Gasteiger partial charge on any atom is -0.349 e. The number of aryl methyl sites for hydroxylation is 1. The van der Waals surface area contributed by atoms with Gasteiger partial charge in [-0.05, 0) is 24.8 Å². The van der Waals surface area contributed by atoms with Gasteiger partial charge in [0, 0.05) is 11.1 Å². The monoisotopic (exact) mass is 334 g/mol. The van der Waals surface area contributed by atoms with Crippen LogP contribution in [0.3, 0.4) is 0 Å². The molecule has 0 aliphatic heterocycles. The Labute approximate surface area is 140 Å². The van der Waals surface area contributed by atoms with E-state index in [9.17, 15) is 4.79 Å². The SMILES string of the molecule is Cc1csc(SCC(=O)NC(CC(C)C)c2ccccc2)n1. The predicted molar refractivity (Wildman–Crippen MR) is 94.4 cm³/mol. The Hall–Kier alpha value is -1.33. The largest absolute Gasteiger partial charge is 0.349 e. The second-order valence-corrected chi connectivity index (χ2v) is 7.78. The molecule has 5 heteroatoms. The van der Waals surface area contributed by atoms with Gasteiger partial charge in [0.2, 0.25) is 5.91 Å². The Morgan fingerprint density at radius 1 is 1.32 bits per heavy atom. The number of rotatable bonds is 7. The maximum atomic E-state index is 12.2. The topological polar surface area (TPSA) is 42.0 Å². The lowest BCUT2D eigenvalue weighted by Gasteiger charge is -2.21. The molecule has 1 aromatic carbocycles. The third kappa shape index (κ3) is 5.46. The molecule has 1 atom stereocenters. The number of carbonyl (C=O) groups is 1. The molecule has 3 nitrogen and oxygen atoms in total. The Kier molecular flexibility index (Phi) is 6.46. The van der Waals surface area contributed by atoms with E-state index in [4.69, 9.17) is 0 Å². The molecule has 0 saturated heterocycles. The van der Waals surface area contributed by atoms with E-state index in [1.165, 1.54) is 17.3 Å². The lowest BCUT2D eigenvalue weighted by Crippen LogP contribution is -2.30. The van der Waals surface area contributed by atoms with Crippen LogP contribution >= 0.6 is 23.1 Å². The predicted octanol–water partition coefficient (Wildman–Crippen LogP) is 4.45. The van der Waals surface area contributed by atoms with Crippen LogP contribution in [0.2, 0.25) is 0 Å². The number of aromatic nitrogens is 1. The van der Waals surface area contributed by atoms with Gasteiger partial charge in [0.05, 0.1) is 11.8 Å². The van der Waals surface area contributed by atoms with Crippen molar-refractivity contribution in [3.8, 4) is 0 Å². The highest BCUT2D eigenvalue weighted by Crippen LogP contribution is 2.24. The lowest BCUT2D eigenvalue weighted by molar-refractivity contribution is -0.119. The summed E-state index contributed by atoms with van der Waals surface area (Å²) >= 11 is 3.09. The minimum atomic E-state index is 0.0624. The van der Waals surface area contributed by atoms with E-state index in [-0.39, 0.29) is 11.9 Å². The van der Waals surface area contributed by atoms with Crippen LogP contribution in [-0.4, -0.2) is 16.6 Å². The summed E-state index contributed by atoms with van der Waals surface area (Å²) in [5.41, 5.74) is 2.18. The molecule has 1 aromatic heterocycles. The van der Waals surface area contributed by atoms with E-state index in [1.54, 1.807) is 11.3 Å². The molecule has 0 aliphatic carbocycles. The summed E-state index contributed by atoms with van der Waals surface area (Å²) in [5, 5.41) is 5.16. The summed E-state index contributed by atoms with van der Waals surface area (Å²) in [5.74, 6) is 1.00. The fraction of sp³-hybridized carbons (Fsp3) is 0.412. The van der Waals surface area contributed by atoms with E-state index in [1.807, 2.05) is 30.5 Å². The third-order valence-electron chi connectivity index (χ3n) is 3.17. The molecular formula is C17H22N2OS2. The fourth-order valence-corrected chi connectivity index (χ4v) is 3.86. The number of hydrogen-bond acceptors (Lipinski definition) is 4. The van der Waals surface area contributed by atoms with Crippen LogP contribution in [0, 0.1) is 12.8 Å². The molecule has 0 aliphatic rings. The van der Waals surface area contributed by atoms with Crippen molar-refractivity contribution in [2.75, 3.05) is 5.75 Å². The summed E-state index contributed by atoms with van der Waals surface area (Å²) in [7, 11) is 0. The van der Waals surface area contributed by atoms with Crippen molar-refractivity contribution in [3.63, 3.8) is 0 Å². The van der Waals surface area contributed by atoms with Crippen LogP contribution in [0.15, 0.2) is 40.1 Å². The van der Waals surface area contributed by atoms with E-state index in [0.29, 0.717) is 11.7 Å². The van der Waals surface area contributed by atoms with Gasteiger partial charge in [-0.25, -0.2) is 4.98 Å². The standard InChI is InChI=1S/C17H22N2OS2/c1-12(2)9-15(14-7-5-4-6-8-14)19-16(20)11-22-17-18-13(3)10-21-17/h4-8,10,12,15H,9,11H2,1-3H3,(H,19,20). The molecule has 118 valence electrons. The van der Waals surface area contributed by atoms with Gasteiger partial charge in [-0.3, -0.25) is 4.79 Å². The highest BCUT2D eigenvalue weighted by Gasteiger charge is 2.16. The number of benzene rings is 1. The quantitative estimate of drug-likeness (QED) is 0.761. The minimum absolute atomic E-state index is 0.0624. The van der Waals surface area contributed by atoms with Crippen molar-refractivity contribution >= 4 is 29.0 Å². The van der Waals surface area contributed by atoms with Crippen LogP contribution in [0.1, 0.15) is 37.6 Å². The molecule has 0 fully saturated rings. The van der Waals surface area contributed by atoms with E-state index in [0.717, 1.165) is 16.5 Å². The average molecular weight is 335 g/mol. The molecule has 2 aromatic rings. The highest BCUT2D eigenvalue weighted by atomic mass is 32.2. The zero-order valence-electron chi connectivity index (χ0n) is 13.2. The average Bonchev–Trinajstić information content (AvgIpc) is 2.91. The second kappa shape index (κ2) is 8.34. The first kappa shape index (κ1) is 17.0. The number of nitrogens with one attached hydrogen (secondary N) is 1. The van der Waals surface area contributed by atoms with Crippen molar-refractivity contribution < 1.29 is 4.79 Å². The van der Waals surface area contributed by atoms with Crippen molar-refractivity contribution in [3.05, 3.63) is 47.0 Å². The van der Waals surface area contributed by atoms with E-state index >= 15 is 0 Å². The van der Waals surface area contributed by atoms with Crippen molar-refractivity contribution in [2.45, 2.75) is 37.6 Å². The van der Waals surface area contributed by atoms with Gasteiger partial charge in [-0.2, -0.15) is 0 Å². The number of hydrogen-bond donors (Lipinski definition) is 1. The first-order chi connectivity index (χ1) is 10.5. The molecular weight excluding hydrogens is 312 g/mol. The Balaban J connectivity index is 1.93. The molecule has 1 heterocycles. The zero-order chi connectivity index (χ0) is 15.9. The third-order valence-corrected chi connectivity index (χ3v) is 5.31. The summed E-state index contributed by atoms with van der Waals surface area (Å²) in [6, 6.07) is 10.3. The smallest absolute Gasteiger partial charge is 0.230 e. The van der Waals surface area contributed by atoms with Crippen LogP contribution in [0.5, 0.6) is 0 Å². The summed E-state index contributed by atoms with van der Waals surface area (Å²) in [6.07, 6.45) is 0.941. The second-order valence-electron chi connectivity index (χ2n) is 5.70. The van der Waals surface area contributed by atoms with Crippen LogP contribution in [0.4, 0.5) is 0 Å². The van der Waals surface area contributed by atoms with Gasteiger partial charge >= 0.3 is 0 Å². The lowest BCUT2D eigenvalue weighted by atomic mass is 9.97. The fourth-order valence-electron chi connectivity index (χ4n) is 2.20. The van der Waals surface area contributed by atoms with Gasteiger partial charge in [-0.1, -0.05) is 55.9 Å². The maximum absolute atomic E-state index is 12.2. The first-order valence-electron chi connectivity index (χ1n) is 7.44. The van der Waals surface area contributed by atoms with Gasteiger partial charge in [0.1, 0.15) is 0 Å². The number of thioether (sulfide) groups is 1. The van der Waals surface area contributed by atoms with Crippen molar-refractivity contribution in [2.24, 2.45) is 5.92 Å². The molecule has 0 bridgehead atoms. The first-order valence-corrected chi connectivity index (χ1v) is 9.30. The van der Waals surface area contributed by atoms with Crippen LogP contribution < -0.4 is 5.32 Å². The number of carbonyl (C=O) groups excluding carboxylic acids is 1. The number of thiazole rings is 1. The molecule has 22 heavy (non-hydrogen) atoms. The Morgan fingerprint density at radius 3 is 2.64 bits per heavy atom. The number of nitrogens with zero attached hydrogens (tertiary/aromatic N) is 1. The number of amides is 1. The maximum Gasteiger partial charge on any atom is 0.230 e. The zero-order valence-corrected chi connectivity index (χ0v) is 14.8. The van der Waals surface area contributed by atoms with Gasteiger partial charge in [-0.15, -0.1) is 11.3 Å². The van der Waals surface area contributed by atoms with Crippen molar-refractivity contribution in [1.82, 2.24) is 10.3 Å². The highest BCUT2D eigenvalue weighted by molar-refractivity contribution is 8.01. The molecule has 1 N–H and O–H groups in total.